The number of hydrogen-bond acceptors (Lipinski definition) is 6. The van der Waals surface area contributed by atoms with E-state index in [1.54, 1.807) is 24.3 Å². The van der Waals surface area contributed by atoms with Crippen molar-refractivity contribution in [3.05, 3.63) is 64.7 Å². The van der Waals surface area contributed by atoms with Gasteiger partial charge in [-0.15, -0.1) is 0 Å². The summed E-state index contributed by atoms with van der Waals surface area (Å²) in [6.45, 7) is -0.119. The Labute approximate surface area is 148 Å². The first-order chi connectivity index (χ1) is 12.5. The fourth-order valence-electron chi connectivity index (χ4n) is 2.36. The molecule has 8 heteroatoms. The lowest BCUT2D eigenvalue weighted by atomic mass is 10.1. The molecule has 0 unspecified atom stereocenters. The molecule has 3 rings (SSSR count). The number of rotatable bonds is 4. The minimum absolute atomic E-state index is 0.0112. The van der Waals surface area contributed by atoms with Crippen LogP contribution in [0.1, 0.15) is 27.4 Å². The molecule has 1 saturated heterocycles. The van der Waals surface area contributed by atoms with E-state index in [2.05, 4.69) is 10.1 Å². The smallest absolute Gasteiger partial charge is 0.373 e. The number of imide groups is 1. The monoisotopic (exact) mass is 351 g/mol. The number of nitrogens with zero attached hydrogens (tertiary/aromatic N) is 2. The number of carbonyl (C=O) groups excluding carboxylic acids is 3. The molecule has 1 N–H and O–H groups in total. The average Bonchev–Trinajstić information content (AvgIpc) is 3.22. The molecule has 0 radical (unpaired) electrons. The van der Waals surface area contributed by atoms with Crippen molar-refractivity contribution < 1.29 is 23.5 Å². The molecule has 1 aliphatic rings. The Morgan fingerprint density at radius 3 is 2.65 bits per heavy atom. The quantitative estimate of drug-likeness (QED) is 0.512. The van der Waals surface area contributed by atoms with Gasteiger partial charge in [0, 0.05) is 0 Å². The van der Waals surface area contributed by atoms with Gasteiger partial charge in [0.2, 0.25) is 5.76 Å². The van der Waals surface area contributed by atoms with E-state index < -0.39 is 17.9 Å². The largest absolute Gasteiger partial charge is 0.463 e. The molecule has 0 atom stereocenters. The summed E-state index contributed by atoms with van der Waals surface area (Å²) in [5.41, 5.74) is 1.27. The first kappa shape index (κ1) is 17.0. The van der Waals surface area contributed by atoms with Crippen LogP contribution in [0, 0.1) is 11.3 Å². The van der Waals surface area contributed by atoms with E-state index in [4.69, 9.17) is 9.68 Å². The SMILES string of the molecule is COC(=O)c1ccc(CN2C(=O)NC(=Cc3ccc(C#N)cc3)C2=O)o1. The minimum Gasteiger partial charge on any atom is -0.463 e. The van der Waals surface area contributed by atoms with Crippen LogP contribution in [0.3, 0.4) is 0 Å². The molecule has 0 spiro atoms. The third kappa shape index (κ3) is 3.32. The van der Waals surface area contributed by atoms with Crippen molar-refractivity contribution in [2.24, 2.45) is 0 Å². The Hall–Kier alpha value is -3.86. The molecule has 1 aromatic heterocycles. The lowest BCUT2D eigenvalue weighted by Gasteiger charge is -2.09. The predicted molar refractivity (Wildman–Crippen MR) is 88.3 cm³/mol. The summed E-state index contributed by atoms with van der Waals surface area (Å²) in [5, 5.41) is 11.3. The fourth-order valence-corrected chi connectivity index (χ4v) is 2.36. The number of urea groups is 1. The second kappa shape index (κ2) is 6.94. The highest BCUT2D eigenvalue weighted by Crippen LogP contribution is 2.18. The van der Waals surface area contributed by atoms with E-state index in [-0.39, 0.29) is 23.8 Å². The molecule has 2 aromatic rings. The van der Waals surface area contributed by atoms with Crippen molar-refractivity contribution >= 4 is 24.0 Å². The average molecular weight is 351 g/mol. The molecule has 0 bridgehead atoms. The van der Waals surface area contributed by atoms with Crippen molar-refractivity contribution in [2.45, 2.75) is 6.54 Å². The van der Waals surface area contributed by atoms with Crippen LogP contribution in [0.5, 0.6) is 0 Å². The van der Waals surface area contributed by atoms with Crippen LogP contribution in [0.25, 0.3) is 6.08 Å². The van der Waals surface area contributed by atoms with Gasteiger partial charge in [0.1, 0.15) is 11.5 Å². The van der Waals surface area contributed by atoms with Crippen LogP contribution in [-0.2, 0) is 16.1 Å². The Bertz CT molecular complexity index is 950. The highest BCUT2D eigenvalue weighted by molar-refractivity contribution is 6.13. The van der Waals surface area contributed by atoms with Crippen LogP contribution in [0.2, 0.25) is 0 Å². The third-order valence-corrected chi connectivity index (χ3v) is 3.68. The van der Waals surface area contributed by atoms with E-state index >= 15 is 0 Å². The maximum Gasteiger partial charge on any atom is 0.373 e. The second-order valence-corrected chi connectivity index (χ2v) is 5.37. The summed E-state index contributed by atoms with van der Waals surface area (Å²) < 4.78 is 9.82. The van der Waals surface area contributed by atoms with Gasteiger partial charge in [-0.25, -0.2) is 9.59 Å². The van der Waals surface area contributed by atoms with E-state index in [0.29, 0.717) is 11.1 Å². The molecule has 8 nitrogen and oxygen atoms in total. The number of nitrogens with one attached hydrogen (secondary N) is 1. The first-order valence-corrected chi connectivity index (χ1v) is 7.53. The Kier molecular flexibility index (Phi) is 4.53. The summed E-state index contributed by atoms with van der Waals surface area (Å²) in [6.07, 6.45) is 1.52. The van der Waals surface area contributed by atoms with Crippen molar-refractivity contribution in [2.75, 3.05) is 7.11 Å². The third-order valence-electron chi connectivity index (χ3n) is 3.68. The van der Waals surface area contributed by atoms with Gasteiger partial charge in [-0.2, -0.15) is 5.26 Å². The maximum atomic E-state index is 12.4. The highest BCUT2D eigenvalue weighted by atomic mass is 16.5. The van der Waals surface area contributed by atoms with Gasteiger partial charge in [-0.1, -0.05) is 12.1 Å². The predicted octanol–water partition coefficient (Wildman–Crippen LogP) is 2.03. The number of methoxy groups -OCH3 is 1. The maximum absolute atomic E-state index is 12.4. The molecule has 26 heavy (non-hydrogen) atoms. The molecule has 2 heterocycles. The van der Waals surface area contributed by atoms with Gasteiger partial charge in [0.05, 0.1) is 25.3 Å². The number of benzene rings is 1. The molecule has 1 aliphatic heterocycles. The van der Waals surface area contributed by atoms with Gasteiger partial charge < -0.3 is 14.5 Å². The van der Waals surface area contributed by atoms with E-state index in [1.165, 1.54) is 25.3 Å². The number of ether oxygens (including phenoxy) is 1. The van der Waals surface area contributed by atoms with Gasteiger partial charge in [0.25, 0.3) is 5.91 Å². The summed E-state index contributed by atoms with van der Waals surface area (Å²) >= 11 is 0. The van der Waals surface area contributed by atoms with Crippen molar-refractivity contribution in [3.8, 4) is 6.07 Å². The number of carbonyl (C=O) groups is 3. The molecular weight excluding hydrogens is 338 g/mol. The van der Waals surface area contributed by atoms with Gasteiger partial charge in [-0.3, -0.25) is 9.69 Å². The standard InChI is InChI=1S/C18H13N3O5/c1-25-17(23)15-7-6-13(26-15)10-21-16(22)14(20-18(21)24)8-11-2-4-12(9-19)5-3-11/h2-8H,10H2,1H3,(H,20,24). The number of hydrogen-bond donors (Lipinski definition) is 1. The Morgan fingerprint density at radius 2 is 2.00 bits per heavy atom. The van der Waals surface area contributed by atoms with Crippen molar-refractivity contribution in [1.82, 2.24) is 10.2 Å². The zero-order valence-electron chi connectivity index (χ0n) is 13.7. The normalized spacial score (nSPS) is 15.1. The van der Waals surface area contributed by atoms with Gasteiger partial charge in [-0.05, 0) is 35.9 Å². The van der Waals surface area contributed by atoms with Crippen LogP contribution >= 0.6 is 0 Å². The zero-order chi connectivity index (χ0) is 18.7. The van der Waals surface area contributed by atoms with Crippen LogP contribution in [0.15, 0.2) is 46.5 Å². The second-order valence-electron chi connectivity index (χ2n) is 5.37. The number of nitriles is 1. The molecule has 0 saturated carbocycles. The lowest BCUT2D eigenvalue weighted by molar-refractivity contribution is -0.123. The fraction of sp³-hybridized carbons (Fsp3) is 0.111. The van der Waals surface area contributed by atoms with E-state index in [1.807, 2.05) is 6.07 Å². The number of esters is 1. The number of furan rings is 1. The first-order valence-electron chi connectivity index (χ1n) is 7.53. The molecular formula is C18H13N3O5. The van der Waals surface area contributed by atoms with Crippen molar-refractivity contribution in [1.29, 1.82) is 5.26 Å². The van der Waals surface area contributed by atoms with Crippen LogP contribution < -0.4 is 5.32 Å². The van der Waals surface area contributed by atoms with E-state index in [9.17, 15) is 14.4 Å². The molecule has 130 valence electrons. The van der Waals surface area contributed by atoms with Crippen LogP contribution in [0.4, 0.5) is 4.79 Å². The zero-order valence-corrected chi connectivity index (χ0v) is 13.7. The molecule has 1 aromatic carbocycles. The number of amides is 3. The lowest BCUT2D eigenvalue weighted by Crippen LogP contribution is -2.30. The summed E-state index contributed by atoms with van der Waals surface area (Å²) in [6, 6.07) is 10.9. The molecule has 0 aliphatic carbocycles. The van der Waals surface area contributed by atoms with E-state index in [0.717, 1.165) is 4.90 Å². The topological polar surface area (TPSA) is 113 Å². The Balaban J connectivity index is 1.76. The van der Waals surface area contributed by atoms with Gasteiger partial charge >= 0.3 is 12.0 Å². The van der Waals surface area contributed by atoms with Crippen LogP contribution in [-0.4, -0.2) is 29.9 Å². The highest BCUT2D eigenvalue weighted by Gasteiger charge is 2.34. The summed E-state index contributed by atoms with van der Waals surface area (Å²) in [4.78, 5) is 36.9. The summed E-state index contributed by atoms with van der Waals surface area (Å²) in [7, 11) is 1.22. The Morgan fingerprint density at radius 1 is 1.27 bits per heavy atom. The molecule has 1 fully saturated rings. The molecule has 3 amide bonds. The van der Waals surface area contributed by atoms with Gasteiger partial charge in [0.15, 0.2) is 0 Å². The summed E-state index contributed by atoms with van der Waals surface area (Å²) in [5.74, 6) is -0.901. The van der Waals surface area contributed by atoms with Crippen molar-refractivity contribution in [3.63, 3.8) is 0 Å². The minimum atomic E-state index is -0.644.